The average Bonchev–Trinajstić information content (AvgIpc) is 2.93. The Morgan fingerprint density at radius 2 is 2.08 bits per heavy atom. The second-order valence-electron chi connectivity index (χ2n) is 5.97. The van der Waals surface area contributed by atoms with E-state index in [0.717, 1.165) is 6.54 Å². The smallest absolute Gasteiger partial charge is 0.184 e. The first-order valence-corrected chi connectivity index (χ1v) is 8.23. The number of aryl methyl sites for hydroxylation is 1. The van der Waals surface area contributed by atoms with Crippen LogP contribution in [0.15, 0.2) is 18.2 Å². The van der Waals surface area contributed by atoms with Gasteiger partial charge >= 0.3 is 0 Å². The summed E-state index contributed by atoms with van der Waals surface area (Å²) >= 11 is 6.11. The molecular formula is C16H19ClFN7. The summed E-state index contributed by atoms with van der Waals surface area (Å²) in [6.07, 6.45) is 0. The first-order chi connectivity index (χ1) is 12.0. The van der Waals surface area contributed by atoms with Gasteiger partial charge in [-0.25, -0.2) is 19.0 Å². The van der Waals surface area contributed by atoms with Crippen LogP contribution in [0.4, 0.5) is 10.2 Å². The van der Waals surface area contributed by atoms with E-state index in [2.05, 4.69) is 30.5 Å². The fourth-order valence-electron chi connectivity index (χ4n) is 2.43. The van der Waals surface area contributed by atoms with Crippen LogP contribution in [0, 0.1) is 12.7 Å². The molecule has 3 aromatic rings. The Labute approximate surface area is 149 Å². The summed E-state index contributed by atoms with van der Waals surface area (Å²) in [5, 5.41) is 11.9. The van der Waals surface area contributed by atoms with Crippen molar-refractivity contribution in [2.45, 2.75) is 13.5 Å². The van der Waals surface area contributed by atoms with Gasteiger partial charge in [0.05, 0.1) is 6.54 Å². The van der Waals surface area contributed by atoms with Gasteiger partial charge < -0.3 is 10.2 Å². The van der Waals surface area contributed by atoms with Gasteiger partial charge in [0, 0.05) is 23.7 Å². The van der Waals surface area contributed by atoms with Gasteiger partial charge in [-0.15, -0.1) is 5.10 Å². The van der Waals surface area contributed by atoms with Crippen molar-refractivity contribution in [3.8, 4) is 0 Å². The molecule has 0 spiro atoms. The molecule has 3 rings (SSSR count). The van der Waals surface area contributed by atoms with Crippen molar-refractivity contribution in [1.82, 2.24) is 29.9 Å². The Balaban J connectivity index is 1.94. The summed E-state index contributed by atoms with van der Waals surface area (Å²) in [6, 6.07) is 4.59. The van der Waals surface area contributed by atoms with Crippen LogP contribution >= 0.6 is 11.6 Å². The second-order valence-corrected chi connectivity index (χ2v) is 6.38. The lowest BCUT2D eigenvalue weighted by molar-refractivity contribution is 0.425. The zero-order chi connectivity index (χ0) is 18.0. The average molecular weight is 364 g/mol. The van der Waals surface area contributed by atoms with E-state index in [1.807, 2.05) is 14.1 Å². The third-order valence-corrected chi connectivity index (χ3v) is 4.05. The van der Waals surface area contributed by atoms with Crippen molar-refractivity contribution < 1.29 is 4.39 Å². The van der Waals surface area contributed by atoms with Crippen molar-refractivity contribution in [2.24, 2.45) is 0 Å². The number of rotatable bonds is 6. The molecule has 0 aliphatic carbocycles. The Morgan fingerprint density at radius 1 is 1.28 bits per heavy atom. The predicted molar refractivity (Wildman–Crippen MR) is 95.4 cm³/mol. The highest BCUT2D eigenvalue weighted by Gasteiger charge is 2.16. The fourth-order valence-corrected chi connectivity index (χ4v) is 2.65. The molecule has 0 radical (unpaired) electrons. The van der Waals surface area contributed by atoms with Gasteiger partial charge in [-0.3, -0.25) is 0 Å². The van der Waals surface area contributed by atoms with Gasteiger partial charge in [-0.1, -0.05) is 22.9 Å². The Morgan fingerprint density at radius 3 is 2.80 bits per heavy atom. The van der Waals surface area contributed by atoms with Crippen molar-refractivity contribution in [2.75, 3.05) is 32.5 Å². The molecule has 132 valence electrons. The van der Waals surface area contributed by atoms with Crippen molar-refractivity contribution >= 4 is 28.6 Å². The summed E-state index contributed by atoms with van der Waals surface area (Å²) in [5.41, 5.74) is 1.45. The minimum atomic E-state index is -0.383. The van der Waals surface area contributed by atoms with Crippen LogP contribution < -0.4 is 5.32 Å². The number of benzene rings is 1. The maximum atomic E-state index is 14.0. The molecule has 0 saturated carbocycles. The zero-order valence-corrected chi connectivity index (χ0v) is 15.0. The summed E-state index contributed by atoms with van der Waals surface area (Å²) in [4.78, 5) is 10.9. The predicted octanol–water partition coefficient (Wildman–Crippen LogP) is 2.34. The molecule has 1 N–H and O–H groups in total. The molecule has 0 saturated heterocycles. The third kappa shape index (κ3) is 3.85. The van der Waals surface area contributed by atoms with Crippen molar-refractivity contribution in [1.29, 1.82) is 0 Å². The van der Waals surface area contributed by atoms with Gasteiger partial charge in [0.2, 0.25) is 0 Å². The van der Waals surface area contributed by atoms with E-state index < -0.39 is 0 Å². The molecule has 25 heavy (non-hydrogen) atoms. The molecule has 0 bridgehead atoms. The van der Waals surface area contributed by atoms with Gasteiger partial charge in [0.25, 0.3) is 0 Å². The van der Waals surface area contributed by atoms with E-state index in [4.69, 9.17) is 11.6 Å². The highest BCUT2D eigenvalue weighted by molar-refractivity contribution is 6.31. The standard InChI is InChI=1S/C16H19ClFN7/c1-10-20-15(19-7-8-24(2)3)14-16(21-10)25(23-22-14)9-11-12(17)5-4-6-13(11)18/h4-6H,7-9H2,1-3H3,(H,19,20,21). The molecule has 0 unspecified atom stereocenters. The van der Waals surface area contributed by atoms with E-state index in [9.17, 15) is 4.39 Å². The Kier molecular flexibility index (Phi) is 5.10. The summed E-state index contributed by atoms with van der Waals surface area (Å²) in [5.74, 6) is 0.824. The number of nitrogens with one attached hydrogen (secondary N) is 1. The molecule has 0 amide bonds. The highest BCUT2D eigenvalue weighted by Crippen LogP contribution is 2.23. The molecule has 1 aromatic carbocycles. The maximum Gasteiger partial charge on any atom is 0.184 e. The molecule has 9 heteroatoms. The molecule has 7 nitrogen and oxygen atoms in total. The lowest BCUT2D eigenvalue weighted by atomic mass is 10.2. The molecular weight excluding hydrogens is 345 g/mol. The number of nitrogens with zero attached hydrogens (tertiary/aromatic N) is 6. The summed E-state index contributed by atoms with van der Waals surface area (Å²) in [7, 11) is 3.99. The maximum absolute atomic E-state index is 14.0. The van der Waals surface area contributed by atoms with Crippen LogP contribution in [0.3, 0.4) is 0 Å². The number of hydrogen-bond acceptors (Lipinski definition) is 6. The van der Waals surface area contributed by atoms with E-state index in [-0.39, 0.29) is 12.4 Å². The van der Waals surface area contributed by atoms with Crippen LogP contribution in [0.1, 0.15) is 11.4 Å². The normalized spacial score (nSPS) is 11.4. The van der Waals surface area contributed by atoms with Gasteiger partial charge in [0.15, 0.2) is 17.0 Å². The van der Waals surface area contributed by atoms with Crippen molar-refractivity contribution in [3.63, 3.8) is 0 Å². The SMILES string of the molecule is Cc1nc(NCCN(C)C)c2nnn(Cc3c(F)cccc3Cl)c2n1. The Hall–Kier alpha value is -2.32. The summed E-state index contributed by atoms with van der Waals surface area (Å²) < 4.78 is 15.6. The largest absolute Gasteiger partial charge is 0.367 e. The van der Waals surface area contributed by atoms with Crippen molar-refractivity contribution in [3.05, 3.63) is 40.4 Å². The molecule has 2 aromatic heterocycles. The van der Waals surface area contributed by atoms with Crippen LogP contribution in [-0.2, 0) is 6.54 Å². The Bertz CT molecular complexity index is 873. The van der Waals surface area contributed by atoms with E-state index in [1.54, 1.807) is 19.1 Å². The van der Waals surface area contributed by atoms with Crippen LogP contribution in [-0.4, -0.2) is 57.0 Å². The molecule has 0 aliphatic heterocycles. The lowest BCUT2D eigenvalue weighted by Crippen LogP contribution is -2.21. The monoisotopic (exact) mass is 363 g/mol. The number of halogens is 2. The van der Waals surface area contributed by atoms with Crippen LogP contribution in [0.25, 0.3) is 11.2 Å². The molecule has 0 aliphatic rings. The van der Waals surface area contributed by atoms with Gasteiger partial charge in [-0.2, -0.15) is 0 Å². The number of likely N-dealkylation sites (N-methyl/N-ethyl adjacent to an activating group) is 1. The number of hydrogen-bond donors (Lipinski definition) is 1. The molecule has 2 heterocycles. The number of anilines is 1. The first kappa shape index (κ1) is 17.5. The van der Waals surface area contributed by atoms with E-state index in [0.29, 0.717) is 39.9 Å². The zero-order valence-electron chi connectivity index (χ0n) is 14.3. The van der Waals surface area contributed by atoms with Crippen LogP contribution in [0.2, 0.25) is 5.02 Å². The van der Waals surface area contributed by atoms with Gasteiger partial charge in [-0.05, 0) is 33.2 Å². The van der Waals surface area contributed by atoms with E-state index >= 15 is 0 Å². The van der Waals surface area contributed by atoms with E-state index in [1.165, 1.54) is 10.7 Å². The molecule has 0 atom stereocenters. The highest BCUT2D eigenvalue weighted by atomic mass is 35.5. The lowest BCUT2D eigenvalue weighted by Gasteiger charge is -2.11. The first-order valence-electron chi connectivity index (χ1n) is 7.85. The summed E-state index contributed by atoms with van der Waals surface area (Å²) in [6.45, 7) is 3.51. The topological polar surface area (TPSA) is 71.8 Å². The number of aromatic nitrogens is 5. The molecule has 0 fully saturated rings. The third-order valence-electron chi connectivity index (χ3n) is 3.70. The van der Waals surface area contributed by atoms with Gasteiger partial charge in [0.1, 0.15) is 11.6 Å². The minimum Gasteiger partial charge on any atom is -0.367 e. The quantitative estimate of drug-likeness (QED) is 0.724. The minimum absolute atomic E-state index is 0.148. The fraction of sp³-hybridized carbons (Fsp3) is 0.375. The van der Waals surface area contributed by atoms with Crippen LogP contribution in [0.5, 0.6) is 0 Å². The second kappa shape index (κ2) is 7.28. The number of fused-ring (bicyclic) bond motifs is 1.